The molecule has 0 radical (unpaired) electrons. The first-order valence-electron chi connectivity index (χ1n) is 4.26. The van der Waals surface area contributed by atoms with Gasteiger partial charge >= 0.3 is 0 Å². The summed E-state index contributed by atoms with van der Waals surface area (Å²) in [4.78, 5) is 11.2. The third-order valence-electron chi connectivity index (χ3n) is 1.58. The second-order valence-electron chi connectivity index (χ2n) is 3.27. The molecule has 1 aromatic heterocycles. The highest BCUT2D eigenvalue weighted by Gasteiger charge is 2.04. The Bertz CT molecular complexity index is 258. The SMILES string of the molecule is CC(C)CCC(=O)Nc1cnsn1. The van der Waals surface area contributed by atoms with Gasteiger partial charge in [0.05, 0.1) is 17.9 Å². The summed E-state index contributed by atoms with van der Waals surface area (Å²) in [6, 6.07) is 0. The monoisotopic (exact) mass is 199 g/mol. The van der Waals surface area contributed by atoms with E-state index in [4.69, 9.17) is 0 Å². The van der Waals surface area contributed by atoms with Crippen LogP contribution in [0.5, 0.6) is 0 Å². The highest BCUT2D eigenvalue weighted by atomic mass is 32.1. The summed E-state index contributed by atoms with van der Waals surface area (Å²) in [5.74, 6) is 1.12. The van der Waals surface area contributed by atoms with Crippen LogP contribution in [-0.4, -0.2) is 14.7 Å². The van der Waals surface area contributed by atoms with Gasteiger partial charge in [-0.15, -0.1) is 0 Å². The quantitative estimate of drug-likeness (QED) is 0.806. The van der Waals surface area contributed by atoms with Gasteiger partial charge in [0, 0.05) is 6.42 Å². The average molecular weight is 199 g/mol. The van der Waals surface area contributed by atoms with Crippen molar-refractivity contribution in [2.75, 3.05) is 5.32 Å². The van der Waals surface area contributed by atoms with Crippen molar-refractivity contribution in [1.82, 2.24) is 8.75 Å². The van der Waals surface area contributed by atoms with E-state index in [-0.39, 0.29) is 5.91 Å². The maximum atomic E-state index is 11.2. The lowest BCUT2D eigenvalue weighted by Crippen LogP contribution is -2.12. The van der Waals surface area contributed by atoms with Crippen molar-refractivity contribution in [1.29, 1.82) is 0 Å². The topological polar surface area (TPSA) is 54.9 Å². The zero-order chi connectivity index (χ0) is 9.68. The molecule has 0 saturated carbocycles. The summed E-state index contributed by atoms with van der Waals surface area (Å²) in [7, 11) is 0. The molecule has 0 spiro atoms. The predicted molar refractivity (Wildman–Crippen MR) is 52.6 cm³/mol. The van der Waals surface area contributed by atoms with Crippen LogP contribution in [0.1, 0.15) is 26.7 Å². The number of carbonyl (C=O) groups excluding carboxylic acids is 1. The molecule has 0 atom stereocenters. The van der Waals surface area contributed by atoms with Gasteiger partial charge in [-0.1, -0.05) is 13.8 Å². The van der Waals surface area contributed by atoms with Crippen molar-refractivity contribution >= 4 is 23.5 Å². The standard InChI is InChI=1S/C8H13N3OS/c1-6(2)3-4-8(12)10-7-5-9-13-11-7/h5-6H,3-4H2,1-2H3,(H,10,11,12). The van der Waals surface area contributed by atoms with Crippen LogP contribution in [0.3, 0.4) is 0 Å². The van der Waals surface area contributed by atoms with E-state index in [1.54, 1.807) is 6.20 Å². The largest absolute Gasteiger partial charge is 0.309 e. The Morgan fingerprint density at radius 1 is 1.69 bits per heavy atom. The molecule has 13 heavy (non-hydrogen) atoms. The van der Waals surface area contributed by atoms with Gasteiger partial charge in [0.1, 0.15) is 0 Å². The Kier molecular flexibility index (Phi) is 3.82. The Hall–Kier alpha value is -0.970. The van der Waals surface area contributed by atoms with Gasteiger partial charge in [-0.2, -0.15) is 8.75 Å². The number of nitrogens with zero attached hydrogens (tertiary/aromatic N) is 2. The minimum absolute atomic E-state index is 0.0152. The fraction of sp³-hybridized carbons (Fsp3) is 0.625. The van der Waals surface area contributed by atoms with E-state index in [9.17, 15) is 4.79 Å². The van der Waals surface area contributed by atoms with Crippen molar-refractivity contribution in [2.45, 2.75) is 26.7 Å². The zero-order valence-corrected chi connectivity index (χ0v) is 8.60. The van der Waals surface area contributed by atoms with Gasteiger partial charge in [-0.3, -0.25) is 4.79 Å². The summed E-state index contributed by atoms with van der Waals surface area (Å²) in [6.07, 6.45) is 3.01. The van der Waals surface area contributed by atoms with E-state index in [1.807, 2.05) is 0 Å². The summed E-state index contributed by atoms with van der Waals surface area (Å²) in [6.45, 7) is 4.19. The molecule has 5 heteroatoms. The summed E-state index contributed by atoms with van der Waals surface area (Å²) < 4.78 is 7.67. The fourth-order valence-corrected chi connectivity index (χ4v) is 1.22. The van der Waals surface area contributed by atoms with Gasteiger partial charge in [-0.05, 0) is 12.3 Å². The molecule has 0 fully saturated rings. The van der Waals surface area contributed by atoms with E-state index >= 15 is 0 Å². The number of aromatic nitrogens is 2. The second kappa shape index (κ2) is 4.91. The molecule has 1 rings (SSSR count). The highest BCUT2D eigenvalue weighted by molar-refractivity contribution is 6.99. The van der Waals surface area contributed by atoms with E-state index in [1.165, 1.54) is 0 Å². The third kappa shape index (κ3) is 3.98. The number of nitrogens with one attached hydrogen (secondary N) is 1. The van der Waals surface area contributed by atoms with Crippen molar-refractivity contribution in [3.63, 3.8) is 0 Å². The van der Waals surface area contributed by atoms with E-state index < -0.39 is 0 Å². The maximum Gasteiger partial charge on any atom is 0.225 e. The van der Waals surface area contributed by atoms with E-state index in [0.29, 0.717) is 18.2 Å². The fourth-order valence-electron chi connectivity index (χ4n) is 0.845. The molecule has 0 saturated heterocycles. The van der Waals surface area contributed by atoms with Crippen LogP contribution >= 0.6 is 11.7 Å². The van der Waals surface area contributed by atoms with E-state index in [0.717, 1.165) is 18.1 Å². The van der Waals surface area contributed by atoms with Crippen LogP contribution in [0.15, 0.2) is 6.20 Å². The minimum Gasteiger partial charge on any atom is -0.309 e. The highest BCUT2D eigenvalue weighted by Crippen LogP contribution is 2.06. The number of anilines is 1. The smallest absolute Gasteiger partial charge is 0.225 e. The lowest BCUT2D eigenvalue weighted by Gasteiger charge is -2.03. The molecule has 0 aliphatic rings. The first kappa shape index (κ1) is 10.1. The molecule has 72 valence electrons. The van der Waals surface area contributed by atoms with Crippen LogP contribution in [0.25, 0.3) is 0 Å². The maximum absolute atomic E-state index is 11.2. The Morgan fingerprint density at radius 3 is 3.00 bits per heavy atom. The predicted octanol–water partition coefficient (Wildman–Crippen LogP) is 1.91. The summed E-state index contributed by atoms with van der Waals surface area (Å²) in [5, 5.41) is 2.68. The average Bonchev–Trinajstić information content (AvgIpc) is 2.53. The minimum atomic E-state index is 0.0152. The molecular formula is C8H13N3OS. The zero-order valence-electron chi connectivity index (χ0n) is 7.78. The molecule has 1 heterocycles. The third-order valence-corrected chi connectivity index (χ3v) is 2.06. The molecule has 0 aliphatic heterocycles. The molecule has 1 N–H and O–H groups in total. The molecule has 0 aliphatic carbocycles. The number of carbonyl (C=O) groups is 1. The van der Waals surface area contributed by atoms with Crippen LogP contribution in [0.2, 0.25) is 0 Å². The summed E-state index contributed by atoms with van der Waals surface area (Å²) >= 11 is 1.09. The van der Waals surface area contributed by atoms with Gasteiger partial charge < -0.3 is 5.32 Å². The number of hydrogen-bond acceptors (Lipinski definition) is 4. The molecule has 4 nitrogen and oxygen atoms in total. The van der Waals surface area contributed by atoms with Crippen molar-refractivity contribution < 1.29 is 4.79 Å². The van der Waals surface area contributed by atoms with Crippen LogP contribution < -0.4 is 5.32 Å². The molecular weight excluding hydrogens is 186 g/mol. The summed E-state index contributed by atoms with van der Waals surface area (Å²) in [5.41, 5.74) is 0. The van der Waals surface area contributed by atoms with Gasteiger partial charge in [0.15, 0.2) is 5.82 Å². The lowest BCUT2D eigenvalue weighted by molar-refractivity contribution is -0.116. The van der Waals surface area contributed by atoms with Crippen LogP contribution in [0, 0.1) is 5.92 Å². The molecule has 0 unspecified atom stereocenters. The molecule has 0 bridgehead atoms. The Balaban J connectivity index is 2.26. The normalized spacial score (nSPS) is 10.4. The number of rotatable bonds is 4. The number of hydrogen-bond donors (Lipinski definition) is 1. The van der Waals surface area contributed by atoms with Gasteiger partial charge in [-0.25, -0.2) is 0 Å². The van der Waals surface area contributed by atoms with Crippen molar-refractivity contribution in [2.24, 2.45) is 5.92 Å². The van der Waals surface area contributed by atoms with Crippen molar-refractivity contribution in [3.8, 4) is 0 Å². The number of amides is 1. The van der Waals surface area contributed by atoms with E-state index in [2.05, 4.69) is 27.9 Å². The van der Waals surface area contributed by atoms with Crippen LogP contribution in [-0.2, 0) is 4.79 Å². The second-order valence-corrected chi connectivity index (χ2v) is 3.83. The molecule has 0 aromatic carbocycles. The Morgan fingerprint density at radius 2 is 2.46 bits per heavy atom. The van der Waals surface area contributed by atoms with Crippen molar-refractivity contribution in [3.05, 3.63) is 6.20 Å². The molecule has 1 aromatic rings. The lowest BCUT2D eigenvalue weighted by atomic mass is 10.1. The van der Waals surface area contributed by atoms with Crippen LogP contribution in [0.4, 0.5) is 5.82 Å². The first-order chi connectivity index (χ1) is 6.18. The van der Waals surface area contributed by atoms with Gasteiger partial charge in [0.25, 0.3) is 0 Å². The molecule has 1 amide bonds. The first-order valence-corrected chi connectivity index (χ1v) is 4.99. The Labute approximate surface area is 81.7 Å². The van der Waals surface area contributed by atoms with Gasteiger partial charge in [0.2, 0.25) is 5.91 Å².